The van der Waals surface area contributed by atoms with E-state index in [1.165, 1.54) is 16.7 Å². The second-order valence-electron chi connectivity index (χ2n) is 7.04. The van der Waals surface area contributed by atoms with E-state index < -0.39 is 0 Å². The second-order valence-corrected chi connectivity index (χ2v) is 9.56. The molecular formula is C25H19Cl2NO3S2. The van der Waals surface area contributed by atoms with Crippen molar-refractivity contribution >= 4 is 69.2 Å². The monoisotopic (exact) mass is 515 g/mol. The molecule has 0 radical (unpaired) electrons. The van der Waals surface area contributed by atoms with E-state index in [-0.39, 0.29) is 5.91 Å². The van der Waals surface area contributed by atoms with Crippen molar-refractivity contribution in [1.82, 2.24) is 0 Å². The molecule has 0 saturated carbocycles. The van der Waals surface area contributed by atoms with Crippen molar-refractivity contribution in [1.29, 1.82) is 0 Å². The largest absolute Gasteiger partial charge is 0.494 e. The van der Waals surface area contributed by atoms with Gasteiger partial charge in [0.05, 0.1) is 17.2 Å². The minimum atomic E-state index is -0.146. The third-order valence-corrected chi connectivity index (χ3v) is 6.68. The third kappa shape index (κ3) is 5.71. The van der Waals surface area contributed by atoms with Crippen molar-refractivity contribution in [2.45, 2.75) is 13.5 Å². The van der Waals surface area contributed by atoms with Gasteiger partial charge in [0, 0.05) is 15.6 Å². The fourth-order valence-electron chi connectivity index (χ4n) is 3.16. The fourth-order valence-corrected chi connectivity index (χ4v) is 4.92. The number of rotatable bonds is 7. The first-order chi connectivity index (χ1) is 15.9. The van der Waals surface area contributed by atoms with Crippen LogP contribution in [0, 0.1) is 0 Å². The predicted octanol–water partition coefficient (Wildman–Crippen LogP) is 7.38. The molecular weight excluding hydrogens is 497 g/mol. The lowest BCUT2D eigenvalue weighted by Crippen LogP contribution is -2.27. The van der Waals surface area contributed by atoms with E-state index in [1.54, 1.807) is 12.1 Å². The molecule has 0 N–H and O–H groups in total. The Morgan fingerprint density at radius 1 is 0.970 bits per heavy atom. The average molecular weight is 516 g/mol. The number of nitrogens with zero attached hydrogens (tertiary/aromatic N) is 1. The van der Waals surface area contributed by atoms with Gasteiger partial charge in [0.1, 0.15) is 18.1 Å². The summed E-state index contributed by atoms with van der Waals surface area (Å²) in [5.41, 5.74) is 2.44. The number of halogens is 2. The van der Waals surface area contributed by atoms with E-state index in [0.29, 0.717) is 43.9 Å². The Balaban J connectivity index is 1.43. The number of hydrogen-bond acceptors (Lipinski definition) is 5. The van der Waals surface area contributed by atoms with E-state index in [1.807, 2.05) is 67.6 Å². The summed E-state index contributed by atoms with van der Waals surface area (Å²) >= 11 is 18.9. The maximum Gasteiger partial charge on any atom is 0.270 e. The summed E-state index contributed by atoms with van der Waals surface area (Å²) in [7, 11) is 0. The quantitative estimate of drug-likeness (QED) is 0.242. The molecule has 0 bridgehead atoms. The number of amides is 1. The van der Waals surface area contributed by atoms with Crippen LogP contribution < -0.4 is 14.4 Å². The van der Waals surface area contributed by atoms with Gasteiger partial charge in [-0.1, -0.05) is 65.4 Å². The molecule has 3 aromatic carbocycles. The van der Waals surface area contributed by atoms with Crippen molar-refractivity contribution in [2.24, 2.45) is 0 Å². The maximum atomic E-state index is 13.0. The van der Waals surface area contributed by atoms with Crippen LogP contribution >= 0.6 is 47.2 Å². The molecule has 0 aliphatic carbocycles. The number of thiocarbonyl (C=S) groups is 1. The Labute approximate surface area is 212 Å². The summed E-state index contributed by atoms with van der Waals surface area (Å²) in [6.45, 7) is 2.84. The molecule has 33 heavy (non-hydrogen) atoms. The summed E-state index contributed by atoms with van der Waals surface area (Å²) in [5.74, 6) is 1.30. The standard InChI is InChI=1S/C25H19Cl2NO3S2/c1-2-30-20-11-7-19(8-12-20)28-24(29)23(33-25(28)32)13-16-3-9-21(10-4-16)31-15-17-5-6-18(26)14-22(17)27/h3-14H,2,15H2,1H3/b23-13+. The van der Waals surface area contributed by atoms with E-state index in [0.717, 1.165) is 16.9 Å². The number of thioether (sulfide) groups is 1. The zero-order valence-electron chi connectivity index (χ0n) is 17.6. The molecule has 3 aromatic rings. The maximum absolute atomic E-state index is 13.0. The zero-order chi connectivity index (χ0) is 23.4. The number of carbonyl (C=O) groups is 1. The molecule has 8 heteroatoms. The van der Waals surface area contributed by atoms with Gasteiger partial charge in [-0.2, -0.15) is 0 Å². The van der Waals surface area contributed by atoms with Crippen LogP contribution in [0.4, 0.5) is 5.69 Å². The lowest BCUT2D eigenvalue weighted by Gasteiger charge is -2.15. The van der Waals surface area contributed by atoms with Crippen LogP contribution in [0.15, 0.2) is 71.6 Å². The third-order valence-electron chi connectivity index (χ3n) is 4.79. The number of ether oxygens (including phenoxy) is 2. The Kier molecular flexibility index (Phi) is 7.60. The molecule has 1 aliphatic heterocycles. The first-order valence-electron chi connectivity index (χ1n) is 10.1. The van der Waals surface area contributed by atoms with Crippen LogP contribution in [0.5, 0.6) is 11.5 Å². The van der Waals surface area contributed by atoms with Gasteiger partial charge in [0.2, 0.25) is 0 Å². The van der Waals surface area contributed by atoms with Gasteiger partial charge < -0.3 is 9.47 Å². The van der Waals surface area contributed by atoms with Crippen LogP contribution in [0.25, 0.3) is 6.08 Å². The van der Waals surface area contributed by atoms with Gasteiger partial charge in [-0.25, -0.2) is 0 Å². The lowest BCUT2D eigenvalue weighted by atomic mass is 10.2. The summed E-state index contributed by atoms with van der Waals surface area (Å²) in [5, 5.41) is 1.15. The van der Waals surface area contributed by atoms with Gasteiger partial charge in [-0.3, -0.25) is 9.69 Å². The van der Waals surface area contributed by atoms with Gasteiger partial charge in [0.25, 0.3) is 5.91 Å². The van der Waals surface area contributed by atoms with Crippen LogP contribution in [-0.4, -0.2) is 16.8 Å². The fraction of sp³-hybridized carbons (Fsp3) is 0.120. The number of benzene rings is 3. The molecule has 0 spiro atoms. The first kappa shape index (κ1) is 23.6. The highest BCUT2D eigenvalue weighted by Crippen LogP contribution is 2.36. The Hall–Kier alpha value is -2.51. The van der Waals surface area contributed by atoms with Crippen molar-refractivity contribution in [2.75, 3.05) is 11.5 Å². The normalized spacial score (nSPS) is 14.8. The molecule has 1 amide bonds. The van der Waals surface area contributed by atoms with Gasteiger partial charge >= 0.3 is 0 Å². The molecule has 1 saturated heterocycles. The smallest absolute Gasteiger partial charge is 0.270 e. The molecule has 4 nitrogen and oxygen atoms in total. The average Bonchev–Trinajstić information content (AvgIpc) is 3.08. The molecule has 1 heterocycles. The molecule has 1 aliphatic rings. The minimum Gasteiger partial charge on any atom is -0.494 e. The van der Waals surface area contributed by atoms with Crippen molar-refractivity contribution in [3.05, 3.63) is 92.8 Å². The van der Waals surface area contributed by atoms with Gasteiger partial charge in [-0.15, -0.1) is 0 Å². The Bertz CT molecular complexity index is 1210. The predicted molar refractivity (Wildman–Crippen MR) is 140 cm³/mol. The number of hydrogen-bond donors (Lipinski definition) is 0. The highest BCUT2D eigenvalue weighted by Gasteiger charge is 2.33. The Morgan fingerprint density at radius 3 is 2.30 bits per heavy atom. The second kappa shape index (κ2) is 10.6. The summed E-state index contributed by atoms with van der Waals surface area (Å²) in [6.07, 6.45) is 1.83. The van der Waals surface area contributed by atoms with Crippen LogP contribution in [0.1, 0.15) is 18.1 Å². The van der Waals surface area contributed by atoms with Crippen LogP contribution in [0.3, 0.4) is 0 Å². The van der Waals surface area contributed by atoms with E-state index in [4.69, 9.17) is 44.9 Å². The molecule has 1 fully saturated rings. The first-order valence-corrected chi connectivity index (χ1v) is 12.1. The Morgan fingerprint density at radius 2 is 1.64 bits per heavy atom. The van der Waals surface area contributed by atoms with Crippen LogP contribution in [0.2, 0.25) is 10.0 Å². The van der Waals surface area contributed by atoms with E-state index in [9.17, 15) is 4.79 Å². The van der Waals surface area contributed by atoms with E-state index in [2.05, 4.69) is 0 Å². The van der Waals surface area contributed by atoms with Gasteiger partial charge in [-0.05, 0) is 67.1 Å². The number of anilines is 1. The molecule has 0 atom stereocenters. The lowest BCUT2D eigenvalue weighted by molar-refractivity contribution is -0.113. The van der Waals surface area contributed by atoms with Crippen molar-refractivity contribution < 1.29 is 14.3 Å². The highest BCUT2D eigenvalue weighted by molar-refractivity contribution is 8.27. The van der Waals surface area contributed by atoms with Crippen molar-refractivity contribution in [3.63, 3.8) is 0 Å². The minimum absolute atomic E-state index is 0.146. The SMILES string of the molecule is CCOc1ccc(N2C(=O)/C(=C\c3ccc(OCc4ccc(Cl)cc4Cl)cc3)SC2=S)cc1. The van der Waals surface area contributed by atoms with Gasteiger partial charge in [0.15, 0.2) is 4.32 Å². The zero-order valence-corrected chi connectivity index (χ0v) is 20.7. The summed E-state index contributed by atoms with van der Waals surface area (Å²) in [4.78, 5) is 15.1. The molecule has 168 valence electrons. The molecule has 4 rings (SSSR count). The van der Waals surface area contributed by atoms with Crippen molar-refractivity contribution in [3.8, 4) is 11.5 Å². The topological polar surface area (TPSA) is 38.8 Å². The molecule has 0 unspecified atom stereocenters. The number of carbonyl (C=O) groups excluding carboxylic acids is 1. The highest BCUT2D eigenvalue weighted by atomic mass is 35.5. The summed E-state index contributed by atoms with van der Waals surface area (Å²) < 4.78 is 11.8. The van der Waals surface area contributed by atoms with E-state index >= 15 is 0 Å². The molecule has 0 aromatic heterocycles. The summed E-state index contributed by atoms with van der Waals surface area (Å²) in [6, 6.07) is 20.1. The van der Waals surface area contributed by atoms with Crippen LogP contribution in [-0.2, 0) is 11.4 Å².